The lowest BCUT2D eigenvalue weighted by atomic mass is 9.80. The molecule has 2 N–H and O–H groups in total. The highest BCUT2D eigenvalue weighted by Gasteiger charge is 2.53. The molecule has 38 heavy (non-hydrogen) atoms. The van der Waals surface area contributed by atoms with Crippen LogP contribution in [0.25, 0.3) is 0 Å². The predicted molar refractivity (Wildman–Crippen MR) is 139 cm³/mol. The van der Waals surface area contributed by atoms with Gasteiger partial charge in [0.15, 0.2) is 0 Å². The number of hydrogen-bond donors (Lipinski definition) is 2. The van der Waals surface area contributed by atoms with Crippen molar-refractivity contribution in [1.29, 1.82) is 0 Å². The van der Waals surface area contributed by atoms with E-state index < -0.39 is 29.0 Å². The van der Waals surface area contributed by atoms with Gasteiger partial charge in [-0.3, -0.25) is 4.99 Å². The molecule has 0 amide bonds. The van der Waals surface area contributed by atoms with Crippen molar-refractivity contribution in [3.8, 4) is 0 Å². The van der Waals surface area contributed by atoms with E-state index in [-0.39, 0.29) is 67.5 Å². The third-order valence-corrected chi connectivity index (χ3v) is 7.00. The van der Waals surface area contributed by atoms with Crippen molar-refractivity contribution in [2.45, 2.75) is 55.7 Å². The first kappa shape index (κ1) is 32.4. The Labute approximate surface area is 230 Å². The van der Waals surface area contributed by atoms with E-state index in [4.69, 9.17) is 4.74 Å². The fraction of sp³-hybridized carbons (Fsp3) is 0.500. The number of fused-ring (bicyclic) bond motifs is 2. The third-order valence-electron chi connectivity index (χ3n) is 7.00. The lowest BCUT2D eigenvalue weighted by Gasteiger charge is -2.42. The van der Waals surface area contributed by atoms with Gasteiger partial charge in [0.05, 0.1) is 36.0 Å². The number of alkyl halides is 6. The molecule has 4 atom stereocenters. The number of hydrogen-bond acceptors (Lipinski definition) is 4. The molecule has 0 aliphatic carbocycles. The molecule has 2 aliphatic heterocycles. The van der Waals surface area contributed by atoms with E-state index in [0.29, 0.717) is 6.67 Å². The van der Waals surface area contributed by atoms with E-state index in [1.807, 2.05) is 43.6 Å². The molecule has 2 aromatic carbocycles. The molecule has 12 heteroatoms. The number of rotatable bonds is 8. The van der Waals surface area contributed by atoms with Crippen LogP contribution in [0.3, 0.4) is 0 Å². The highest BCUT2D eigenvalue weighted by molar-refractivity contribution is 5.85. The summed E-state index contributed by atoms with van der Waals surface area (Å²) in [4.78, 5) is 4.44. The molecule has 212 valence electrons. The van der Waals surface area contributed by atoms with Gasteiger partial charge in [-0.15, -0.1) is 24.8 Å². The van der Waals surface area contributed by atoms with Gasteiger partial charge in [0.1, 0.15) is 0 Å². The summed E-state index contributed by atoms with van der Waals surface area (Å²) >= 11 is 0. The van der Waals surface area contributed by atoms with Crippen molar-refractivity contribution < 1.29 is 31.1 Å². The smallest absolute Gasteiger partial charge is 0.376 e. The maximum Gasteiger partial charge on any atom is 0.416 e. The molecule has 0 spiro atoms. The van der Waals surface area contributed by atoms with Gasteiger partial charge in [-0.05, 0) is 62.1 Å². The summed E-state index contributed by atoms with van der Waals surface area (Å²) in [5.74, 6) is 0.185. The van der Waals surface area contributed by atoms with Crippen LogP contribution in [0.15, 0.2) is 53.5 Å². The zero-order chi connectivity index (χ0) is 26.0. The molecule has 2 fully saturated rings. The van der Waals surface area contributed by atoms with Crippen molar-refractivity contribution in [3.05, 3.63) is 70.8 Å². The largest absolute Gasteiger partial charge is 0.416 e. The molecular weight excluding hydrogens is 555 g/mol. The first-order chi connectivity index (χ1) is 17.0. The Bertz CT molecular complexity index is 1030. The molecule has 2 heterocycles. The fourth-order valence-corrected chi connectivity index (χ4v) is 5.37. The van der Waals surface area contributed by atoms with Gasteiger partial charge in [-0.2, -0.15) is 26.3 Å². The Kier molecular flexibility index (Phi) is 11.1. The summed E-state index contributed by atoms with van der Waals surface area (Å²) in [6, 6.07) is 11.7. The number of benzene rings is 2. The van der Waals surface area contributed by atoms with E-state index in [2.05, 4.69) is 15.6 Å². The number of halogens is 8. The SMILES string of the molecule is CNC/N=C/C1CC2(c3ccccc3)NC1CCC2OCCc1cc(C(F)(F)F)cc(C(F)(F)F)c1.Cl.Cl. The van der Waals surface area contributed by atoms with Crippen LogP contribution in [0.4, 0.5) is 26.3 Å². The molecule has 2 bridgehead atoms. The lowest BCUT2D eigenvalue weighted by Crippen LogP contribution is -2.54. The third kappa shape index (κ3) is 7.21. The van der Waals surface area contributed by atoms with Crippen molar-refractivity contribution in [3.63, 3.8) is 0 Å². The standard InChI is InChI=1S/C26H29F6N3O.2ClH/c1-33-16-34-15-18-14-24(19-5-3-2-4-6-19)23(8-7-22(18)35-24)36-10-9-17-11-20(25(27,28)29)13-21(12-17)26(30,31)32;;/h2-6,11-13,15,18,22-23,33,35H,7-10,14,16H2,1H3;2*1H/b34-15+;;. The van der Waals surface area contributed by atoms with E-state index in [9.17, 15) is 26.3 Å². The number of aliphatic imine (C=N–C) groups is 1. The molecule has 2 aromatic rings. The topological polar surface area (TPSA) is 45.7 Å². The predicted octanol–water partition coefficient (Wildman–Crippen LogP) is 6.41. The summed E-state index contributed by atoms with van der Waals surface area (Å²) < 4.78 is 85.5. The second kappa shape index (κ2) is 13.0. The number of nitrogens with one attached hydrogen (secondary N) is 2. The van der Waals surface area contributed by atoms with Crippen molar-refractivity contribution in [2.75, 3.05) is 20.3 Å². The van der Waals surface area contributed by atoms with Crippen LogP contribution in [0, 0.1) is 5.92 Å². The number of nitrogens with zero attached hydrogens (tertiary/aromatic N) is 1. The molecule has 4 nitrogen and oxygen atoms in total. The van der Waals surface area contributed by atoms with Crippen molar-refractivity contribution in [2.24, 2.45) is 10.9 Å². The zero-order valence-electron chi connectivity index (χ0n) is 20.6. The van der Waals surface area contributed by atoms with Gasteiger partial charge in [0.2, 0.25) is 0 Å². The average molecular weight is 586 g/mol. The summed E-state index contributed by atoms with van der Waals surface area (Å²) in [6.45, 7) is 0.515. The van der Waals surface area contributed by atoms with E-state index in [1.54, 1.807) is 0 Å². The van der Waals surface area contributed by atoms with Crippen LogP contribution in [0.1, 0.15) is 41.5 Å². The molecule has 2 saturated heterocycles. The molecular formula is C26H31Cl2F6N3O. The van der Waals surface area contributed by atoms with Crippen LogP contribution in [0.2, 0.25) is 0 Å². The molecule has 0 radical (unpaired) electrons. The Morgan fingerprint density at radius 1 is 1.00 bits per heavy atom. The van der Waals surface area contributed by atoms with Crippen LogP contribution < -0.4 is 10.6 Å². The highest BCUT2D eigenvalue weighted by atomic mass is 35.5. The van der Waals surface area contributed by atoms with Gasteiger partial charge >= 0.3 is 12.4 Å². The molecule has 2 aliphatic rings. The minimum Gasteiger partial charge on any atom is -0.376 e. The molecule has 4 unspecified atom stereocenters. The van der Waals surface area contributed by atoms with E-state index in [1.165, 1.54) is 0 Å². The summed E-state index contributed by atoms with van der Waals surface area (Å²) in [5, 5.41) is 6.71. The Balaban J connectivity index is 0.00000253. The zero-order valence-corrected chi connectivity index (χ0v) is 22.2. The minimum atomic E-state index is -4.87. The lowest BCUT2D eigenvalue weighted by molar-refractivity contribution is -0.143. The second-order valence-corrected chi connectivity index (χ2v) is 9.40. The van der Waals surface area contributed by atoms with Crippen molar-refractivity contribution >= 4 is 31.0 Å². The molecule has 4 rings (SSSR count). The summed E-state index contributed by atoms with van der Waals surface area (Å²) in [5.41, 5.74) is -2.14. The monoisotopic (exact) mass is 585 g/mol. The van der Waals surface area contributed by atoms with Crippen LogP contribution >= 0.6 is 24.8 Å². The molecule has 0 saturated carbocycles. The minimum absolute atomic E-state index is 0. The van der Waals surface area contributed by atoms with Gasteiger partial charge in [0.25, 0.3) is 0 Å². The van der Waals surface area contributed by atoms with Crippen LogP contribution in [-0.2, 0) is 29.0 Å². The van der Waals surface area contributed by atoms with Crippen LogP contribution in [0.5, 0.6) is 0 Å². The second-order valence-electron chi connectivity index (χ2n) is 9.40. The van der Waals surface area contributed by atoms with E-state index >= 15 is 0 Å². The maximum absolute atomic E-state index is 13.2. The fourth-order valence-electron chi connectivity index (χ4n) is 5.37. The average Bonchev–Trinajstić information content (AvgIpc) is 3.13. The Morgan fingerprint density at radius 2 is 1.63 bits per heavy atom. The highest BCUT2D eigenvalue weighted by Crippen LogP contribution is 2.47. The Morgan fingerprint density at radius 3 is 2.21 bits per heavy atom. The van der Waals surface area contributed by atoms with Gasteiger partial charge < -0.3 is 15.4 Å². The Hall–Kier alpha value is -1.85. The van der Waals surface area contributed by atoms with Gasteiger partial charge in [0, 0.05) is 18.2 Å². The summed E-state index contributed by atoms with van der Waals surface area (Å²) in [7, 11) is 1.82. The first-order valence-electron chi connectivity index (χ1n) is 11.9. The van der Waals surface area contributed by atoms with Crippen LogP contribution in [-0.4, -0.2) is 38.7 Å². The number of ether oxygens (including phenoxy) is 1. The number of piperidine rings is 1. The van der Waals surface area contributed by atoms with Crippen molar-refractivity contribution in [1.82, 2.24) is 10.6 Å². The first-order valence-corrected chi connectivity index (χ1v) is 11.9. The van der Waals surface area contributed by atoms with Gasteiger partial charge in [-0.1, -0.05) is 30.3 Å². The molecule has 0 aromatic heterocycles. The van der Waals surface area contributed by atoms with E-state index in [0.717, 1.165) is 37.0 Å². The van der Waals surface area contributed by atoms with Gasteiger partial charge in [-0.25, -0.2) is 0 Å². The summed E-state index contributed by atoms with van der Waals surface area (Å²) in [6.07, 6.45) is -5.84. The quantitative estimate of drug-likeness (QED) is 0.278. The maximum atomic E-state index is 13.2. The normalized spacial score (nSPS) is 25.2.